The second-order valence-electron chi connectivity index (χ2n) is 9.59. The number of nitriles is 1. The third-order valence-electron chi connectivity index (χ3n) is 7.08. The van der Waals surface area contributed by atoms with E-state index in [4.69, 9.17) is 9.72 Å². The molecule has 0 unspecified atom stereocenters. The number of thiazole rings is 1. The monoisotopic (exact) mass is 483 g/mol. The normalized spacial score (nSPS) is 22.0. The SMILES string of the molecule is N#Cc1ccc2ncn(C[C@H]3CCC[C@]4(C3)CN(Cc3csc(-c5ccccc5)n3)C(=O)O4)c2c1. The van der Waals surface area contributed by atoms with Gasteiger partial charge in [-0.15, -0.1) is 11.3 Å². The van der Waals surface area contributed by atoms with Gasteiger partial charge in [-0.25, -0.2) is 14.8 Å². The molecule has 35 heavy (non-hydrogen) atoms. The molecule has 2 aromatic carbocycles. The Bertz CT molecular complexity index is 1420. The first-order chi connectivity index (χ1) is 17.1. The van der Waals surface area contributed by atoms with Gasteiger partial charge in [-0.05, 0) is 49.8 Å². The average molecular weight is 484 g/mol. The van der Waals surface area contributed by atoms with Gasteiger partial charge < -0.3 is 9.30 Å². The summed E-state index contributed by atoms with van der Waals surface area (Å²) in [6.45, 7) is 1.87. The predicted octanol–water partition coefficient (Wildman–Crippen LogP) is 5.61. The zero-order chi connectivity index (χ0) is 23.8. The molecular weight excluding hydrogens is 458 g/mol. The Kier molecular flexibility index (Phi) is 5.50. The number of aromatic nitrogens is 3. The topological polar surface area (TPSA) is 84.0 Å². The number of hydrogen-bond donors (Lipinski definition) is 0. The molecule has 7 nitrogen and oxygen atoms in total. The second-order valence-corrected chi connectivity index (χ2v) is 10.4. The van der Waals surface area contributed by atoms with E-state index in [0.717, 1.165) is 59.5 Å². The first-order valence-corrected chi connectivity index (χ1v) is 12.8. The van der Waals surface area contributed by atoms with E-state index in [2.05, 4.69) is 27.8 Å². The van der Waals surface area contributed by atoms with Gasteiger partial charge in [0.1, 0.15) is 10.6 Å². The Labute approximate surface area is 207 Å². The minimum atomic E-state index is -0.438. The summed E-state index contributed by atoms with van der Waals surface area (Å²) in [6, 6.07) is 17.9. The van der Waals surface area contributed by atoms with Crippen molar-refractivity contribution in [2.45, 2.75) is 44.4 Å². The molecule has 1 aliphatic carbocycles. The lowest BCUT2D eigenvalue weighted by Crippen LogP contribution is -2.40. The van der Waals surface area contributed by atoms with E-state index in [1.165, 1.54) is 0 Å². The highest BCUT2D eigenvalue weighted by Gasteiger charge is 2.48. The van der Waals surface area contributed by atoms with Gasteiger partial charge in [0.05, 0.1) is 47.8 Å². The predicted molar refractivity (Wildman–Crippen MR) is 134 cm³/mol. The van der Waals surface area contributed by atoms with Gasteiger partial charge in [-0.3, -0.25) is 4.90 Å². The molecule has 176 valence electrons. The lowest BCUT2D eigenvalue weighted by atomic mass is 9.78. The highest BCUT2D eigenvalue weighted by Crippen LogP contribution is 2.41. The summed E-state index contributed by atoms with van der Waals surface area (Å²) < 4.78 is 8.17. The standard InChI is InChI=1S/C27H25N5O2S/c28-13-19-8-9-23-24(11-19)32(18-29-23)14-20-5-4-10-27(12-20)17-31(26(33)34-27)15-22-16-35-25(30-22)21-6-2-1-3-7-21/h1-3,6-9,11,16,18,20H,4-5,10,12,14-15,17H2/t20-,27-/m0/s1. The van der Waals surface area contributed by atoms with Crippen molar-refractivity contribution in [3.05, 3.63) is 71.5 Å². The summed E-state index contributed by atoms with van der Waals surface area (Å²) in [6.07, 6.45) is 5.44. The van der Waals surface area contributed by atoms with Crippen LogP contribution in [0.25, 0.3) is 21.6 Å². The van der Waals surface area contributed by atoms with Crippen molar-refractivity contribution < 1.29 is 9.53 Å². The maximum Gasteiger partial charge on any atom is 0.410 e. The van der Waals surface area contributed by atoms with E-state index in [-0.39, 0.29) is 6.09 Å². The van der Waals surface area contributed by atoms with Crippen LogP contribution in [0.15, 0.2) is 60.2 Å². The van der Waals surface area contributed by atoms with Crippen LogP contribution in [0.1, 0.15) is 36.9 Å². The minimum Gasteiger partial charge on any atom is -0.441 e. The number of benzene rings is 2. The Hall–Kier alpha value is -3.70. The molecular formula is C27H25N5O2S. The fourth-order valence-corrected chi connectivity index (χ4v) is 6.31. The third kappa shape index (κ3) is 4.28. The van der Waals surface area contributed by atoms with Crippen LogP contribution in [-0.4, -0.2) is 37.7 Å². The number of carbonyl (C=O) groups excluding carboxylic acids is 1. The Balaban J connectivity index is 1.14. The van der Waals surface area contributed by atoms with Gasteiger partial charge in [0, 0.05) is 17.5 Å². The molecule has 0 bridgehead atoms. The quantitative estimate of drug-likeness (QED) is 0.368. The summed E-state index contributed by atoms with van der Waals surface area (Å²) in [4.78, 5) is 23.9. The molecule has 6 rings (SSSR count). The van der Waals surface area contributed by atoms with Crippen molar-refractivity contribution >= 4 is 28.5 Å². The average Bonchev–Trinajstić information content (AvgIpc) is 3.58. The molecule has 1 amide bonds. The number of fused-ring (bicyclic) bond motifs is 1. The summed E-state index contributed by atoms with van der Waals surface area (Å²) in [5, 5.41) is 12.3. The maximum absolute atomic E-state index is 12.8. The van der Waals surface area contributed by atoms with Gasteiger partial charge in [-0.2, -0.15) is 5.26 Å². The van der Waals surface area contributed by atoms with Crippen LogP contribution in [0, 0.1) is 17.2 Å². The number of imidazole rings is 1. The highest BCUT2D eigenvalue weighted by molar-refractivity contribution is 7.13. The summed E-state index contributed by atoms with van der Waals surface area (Å²) in [5.41, 5.74) is 4.06. The lowest BCUT2D eigenvalue weighted by molar-refractivity contribution is 0.00415. The lowest BCUT2D eigenvalue weighted by Gasteiger charge is -2.36. The van der Waals surface area contributed by atoms with Crippen LogP contribution >= 0.6 is 11.3 Å². The van der Waals surface area contributed by atoms with Gasteiger partial charge >= 0.3 is 6.09 Å². The summed E-state index contributed by atoms with van der Waals surface area (Å²) in [5.74, 6) is 0.378. The van der Waals surface area contributed by atoms with Crippen molar-refractivity contribution in [3.8, 4) is 16.6 Å². The number of hydrogen-bond acceptors (Lipinski definition) is 6. The molecule has 3 heterocycles. The maximum atomic E-state index is 12.8. The van der Waals surface area contributed by atoms with Crippen molar-refractivity contribution in [2.75, 3.05) is 6.54 Å². The van der Waals surface area contributed by atoms with Crippen LogP contribution in [0.3, 0.4) is 0 Å². The van der Waals surface area contributed by atoms with E-state index in [0.29, 0.717) is 24.6 Å². The largest absolute Gasteiger partial charge is 0.441 e. The zero-order valence-electron chi connectivity index (χ0n) is 19.3. The van der Waals surface area contributed by atoms with E-state index in [1.54, 1.807) is 22.3 Å². The molecule has 8 heteroatoms. The highest BCUT2D eigenvalue weighted by atomic mass is 32.1. The van der Waals surface area contributed by atoms with Crippen molar-refractivity contribution in [2.24, 2.45) is 5.92 Å². The molecule has 0 N–H and O–H groups in total. The van der Waals surface area contributed by atoms with Gasteiger partial charge in [0.2, 0.25) is 0 Å². The van der Waals surface area contributed by atoms with Crippen LogP contribution in [0.2, 0.25) is 0 Å². The Morgan fingerprint density at radius 3 is 2.97 bits per heavy atom. The number of nitrogens with zero attached hydrogens (tertiary/aromatic N) is 5. The van der Waals surface area contributed by atoms with E-state index in [1.807, 2.05) is 42.0 Å². The van der Waals surface area contributed by atoms with Gasteiger partial charge in [0.25, 0.3) is 0 Å². The first kappa shape index (κ1) is 21.8. The van der Waals surface area contributed by atoms with Crippen LogP contribution in [-0.2, 0) is 17.8 Å². The Morgan fingerprint density at radius 1 is 1.23 bits per heavy atom. The van der Waals surface area contributed by atoms with Crippen molar-refractivity contribution in [3.63, 3.8) is 0 Å². The smallest absolute Gasteiger partial charge is 0.410 e. The van der Waals surface area contributed by atoms with Crippen molar-refractivity contribution in [1.82, 2.24) is 19.4 Å². The van der Waals surface area contributed by atoms with E-state index < -0.39 is 5.60 Å². The molecule has 2 atom stereocenters. The van der Waals surface area contributed by atoms with Crippen LogP contribution in [0.4, 0.5) is 4.79 Å². The Morgan fingerprint density at radius 2 is 2.11 bits per heavy atom. The zero-order valence-corrected chi connectivity index (χ0v) is 20.1. The second kappa shape index (κ2) is 8.82. The van der Waals surface area contributed by atoms with Gasteiger partial charge in [0.15, 0.2) is 0 Å². The number of rotatable bonds is 5. The van der Waals surface area contributed by atoms with Crippen LogP contribution in [0.5, 0.6) is 0 Å². The summed E-state index contributed by atoms with van der Waals surface area (Å²) >= 11 is 1.60. The van der Waals surface area contributed by atoms with E-state index in [9.17, 15) is 10.1 Å². The molecule has 0 radical (unpaired) electrons. The minimum absolute atomic E-state index is 0.244. The molecule has 1 aliphatic heterocycles. The fourth-order valence-electron chi connectivity index (χ4n) is 5.49. The van der Waals surface area contributed by atoms with E-state index >= 15 is 0 Å². The fraction of sp³-hybridized carbons (Fsp3) is 0.333. The number of ether oxygens (including phenoxy) is 1. The molecule has 2 aromatic heterocycles. The molecule has 1 saturated heterocycles. The molecule has 1 spiro atoms. The molecule has 2 aliphatic rings. The van der Waals surface area contributed by atoms with Crippen molar-refractivity contribution in [1.29, 1.82) is 5.26 Å². The summed E-state index contributed by atoms with van der Waals surface area (Å²) in [7, 11) is 0. The van der Waals surface area contributed by atoms with Crippen LogP contribution < -0.4 is 0 Å². The molecule has 1 saturated carbocycles. The number of carbonyl (C=O) groups is 1. The molecule has 4 aromatic rings. The van der Waals surface area contributed by atoms with Gasteiger partial charge in [-0.1, -0.05) is 30.3 Å². The molecule has 2 fully saturated rings. The first-order valence-electron chi connectivity index (χ1n) is 11.9. The third-order valence-corrected chi connectivity index (χ3v) is 8.02. The number of amides is 1.